The van der Waals surface area contributed by atoms with Gasteiger partial charge in [-0.05, 0) is 20.0 Å². The highest BCUT2D eigenvalue weighted by Crippen LogP contribution is 2.23. The molecule has 0 N–H and O–H groups in total. The number of likely N-dealkylation sites (N-methyl/N-ethyl adjacent to an activating group) is 1. The molecule has 0 bridgehead atoms. The molecule has 0 aromatic carbocycles. The minimum atomic E-state index is -4.74. The Hall–Kier alpha value is -0.445. The Bertz CT molecular complexity index is 175. The standard InChI is InChI=1S/C6H10BF3N/c1-11-4-2-3-6(5-11)7(8,9)10/h3H,2,4-5H2,1H3/q-1. The van der Waals surface area contributed by atoms with Crippen LogP contribution in [-0.2, 0) is 0 Å². The van der Waals surface area contributed by atoms with Gasteiger partial charge in [-0.15, -0.1) is 11.5 Å². The summed E-state index contributed by atoms with van der Waals surface area (Å²) < 4.78 is 36.2. The SMILES string of the molecule is CN1CCC=C([B-](F)(F)F)C1. The van der Waals surface area contributed by atoms with E-state index in [1.807, 2.05) is 0 Å². The molecule has 1 aliphatic rings. The second-order valence-corrected chi connectivity index (χ2v) is 2.88. The third kappa shape index (κ3) is 2.25. The molecule has 0 amide bonds. The van der Waals surface area contributed by atoms with Crippen molar-refractivity contribution < 1.29 is 12.9 Å². The van der Waals surface area contributed by atoms with Gasteiger partial charge in [-0.3, -0.25) is 0 Å². The van der Waals surface area contributed by atoms with Crippen molar-refractivity contribution in [1.82, 2.24) is 4.90 Å². The Kier molecular flexibility index (Phi) is 2.27. The average Bonchev–Trinajstić information content (AvgIpc) is 1.86. The Morgan fingerprint density at radius 3 is 2.45 bits per heavy atom. The molecule has 11 heavy (non-hydrogen) atoms. The zero-order valence-electron chi connectivity index (χ0n) is 6.36. The molecule has 1 nitrogen and oxygen atoms in total. The molecule has 0 fully saturated rings. The van der Waals surface area contributed by atoms with Crippen LogP contribution in [-0.4, -0.2) is 32.0 Å². The summed E-state index contributed by atoms with van der Waals surface area (Å²) in [5.41, 5.74) is -0.348. The van der Waals surface area contributed by atoms with Gasteiger partial charge in [0.05, 0.1) is 0 Å². The summed E-state index contributed by atoms with van der Waals surface area (Å²) >= 11 is 0. The van der Waals surface area contributed by atoms with Crippen LogP contribution in [0.2, 0.25) is 0 Å². The molecule has 1 aliphatic heterocycles. The molecule has 0 radical (unpaired) electrons. The van der Waals surface area contributed by atoms with Gasteiger partial charge in [0.15, 0.2) is 0 Å². The summed E-state index contributed by atoms with van der Waals surface area (Å²) in [4.78, 5) is 1.69. The van der Waals surface area contributed by atoms with Crippen molar-refractivity contribution >= 4 is 6.98 Å². The van der Waals surface area contributed by atoms with E-state index in [9.17, 15) is 12.9 Å². The molecular weight excluding hydrogens is 154 g/mol. The molecule has 5 heteroatoms. The highest BCUT2D eigenvalue weighted by atomic mass is 19.4. The molecule has 0 aromatic rings. The maximum absolute atomic E-state index is 12.1. The van der Waals surface area contributed by atoms with E-state index in [2.05, 4.69) is 0 Å². The molecule has 0 aliphatic carbocycles. The fraction of sp³-hybridized carbons (Fsp3) is 0.667. The lowest BCUT2D eigenvalue weighted by Gasteiger charge is -2.29. The fourth-order valence-corrected chi connectivity index (χ4v) is 1.16. The average molecular weight is 164 g/mol. The van der Waals surface area contributed by atoms with Gasteiger partial charge >= 0.3 is 6.98 Å². The second kappa shape index (κ2) is 2.89. The lowest BCUT2D eigenvalue weighted by Crippen LogP contribution is -2.34. The van der Waals surface area contributed by atoms with E-state index in [1.165, 1.54) is 6.08 Å². The van der Waals surface area contributed by atoms with Crippen LogP contribution in [0, 0.1) is 0 Å². The van der Waals surface area contributed by atoms with Gasteiger partial charge in [0.2, 0.25) is 0 Å². The smallest absolute Gasteiger partial charge is 0.445 e. The van der Waals surface area contributed by atoms with Crippen molar-refractivity contribution in [3.63, 3.8) is 0 Å². The Labute approximate surface area is 63.9 Å². The van der Waals surface area contributed by atoms with E-state index >= 15 is 0 Å². The van der Waals surface area contributed by atoms with Gasteiger partial charge in [0.1, 0.15) is 0 Å². The molecule has 0 saturated heterocycles. The van der Waals surface area contributed by atoms with Crippen LogP contribution >= 0.6 is 0 Å². The quantitative estimate of drug-likeness (QED) is 0.532. The number of rotatable bonds is 1. The van der Waals surface area contributed by atoms with Gasteiger partial charge < -0.3 is 17.8 Å². The minimum Gasteiger partial charge on any atom is -0.445 e. The summed E-state index contributed by atoms with van der Waals surface area (Å²) in [5.74, 6) is 0. The number of hydrogen-bond acceptors (Lipinski definition) is 1. The van der Waals surface area contributed by atoms with Crippen molar-refractivity contribution in [2.24, 2.45) is 0 Å². The first-order chi connectivity index (χ1) is 5.00. The summed E-state index contributed by atoms with van der Waals surface area (Å²) in [5, 5.41) is 0. The zero-order chi connectivity index (χ0) is 8.48. The van der Waals surface area contributed by atoms with Gasteiger partial charge in [0.25, 0.3) is 0 Å². The molecule has 0 atom stereocenters. The minimum absolute atomic E-state index is 0.0590. The molecule has 0 aromatic heterocycles. The molecule has 0 spiro atoms. The predicted octanol–water partition coefficient (Wildman–Crippen LogP) is 1.63. The number of halogens is 3. The molecular formula is C6H10BF3N-. The Morgan fingerprint density at radius 2 is 2.09 bits per heavy atom. The van der Waals surface area contributed by atoms with Crippen LogP contribution < -0.4 is 0 Å². The Morgan fingerprint density at radius 1 is 1.45 bits per heavy atom. The summed E-state index contributed by atoms with van der Waals surface area (Å²) in [6.07, 6.45) is 1.83. The normalized spacial score (nSPS) is 21.6. The molecule has 64 valence electrons. The monoisotopic (exact) mass is 164 g/mol. The van der Waals surface area contributed by atoms with Crippen LogP contribution in [0.5, 0.6) is 0 Å². The maximum Gasteiger partial charge on any atom is 0.506 e. The van der Waals surface area contributed by atoms with E-state index < -0.39 is 6.98 Å². The van der Waals surface area contributed by atoms with E-state index in [0.717, 1.165) is 6.54 Å². The number of nitrogens with zero attached hydrogens (tertiary/aromatic N) is 1. The largest absolute Gasteiger partial charge is 0.506 e. The van der Waals surface area contributed by atoms with E-state index in [4.69, 9.17) is 0 Å². The van der Waals surface area contributed by atoms with Gasteiger partial charge in [-0.2, -0.15) is 0 Å². The van der Waals surface area contributed by atoms with Crippen molar-refractivity contribution in [2.75, 3.05) is 20.1 Å². The second-order valence-electron chi connectivity index (χ2n) is 2.88. The van der Waals surface area contributed by atoms with E-state index in [-0.39, 0.29) is 12.0 Å². The molecule has 0 saturated carbocycles. The maximum atomic E-state index is 12.1. The molecule has 1 rings (SSSR count). The van der Waals surface area contributed by atoms with Crippen molar-refractivity contribution in [2.45, 2.75) is 6.42 Å². The first-order valence-electron chi connectivity index (χ1n) is 3.57. The van der Waals surface area contributed by atoms with Crippen molar-refractivity contribution in [3.8, 4) is 0 Å². The lowest BCUT2D eigenvalue weighted by molar-refractivity contribution is 0.348. The third-order valence-electron chi connectivity index (χ3n) is 1.79. The predicted molar refractivity (Wildman–Crippen MR) is 39.3 cm³/mol. The fourth-order valence-electron chi connectivity index (χ4n) is 1.16. The topological polar surface area (TPSA) is 3.24 Å². The summed E-state index contributed by atoms with van der Waals surface area (Å²) in [7, 11) is 1.70. The number of hydrogen-bond donors (Lipinski definition) is 0. The molecule has 1 heterocycles. The van der Waals surface area contributed by atoms with Gasteiger partial charge in [0, 0.05) is 6.54 Å². The van der Waals surface area contributed by atoms with Crippen LogP contribution in [0.25, 0.3) is 0 Å². The van der Waals surface area contributed by atoms with Crippen molar-refractivity contribution in [3.05, 3.63) is 11.5 Å². The van der Waals surface area contributed by atoms with Crippen LogP contribution in [0.3, 0.4) is 0 Å². The Balaban J connectivity index is 2.65. The van der Waals surface area contributed by atoms with Crippen LogP contribution in [0.1, 0.15) is 6.42 Å². The van der Waals surface area contributed by atoms with Crippen LogP contribution in [0.15, 0.2) is 11.5 Å². The highest BCUT2D eigenvalue weighted by molar-refractivity contribution is 6.66. The van der Waals surface area contributed by atoms with E-state index in [1.54, 1.807) is 11.9 Å². The zero-order valence-corrected chi connectivity index (χ0v) is 6.36. The first kappa shape index (κ1) is 8.65. The lowest BCUT2D eigenvalue weighted by atomic mass is 9.77. The highest BCUT2D eigenvalue weighted by Gasteiger charge is 2.29. The van der Waals surface area contributed by atoms with Crippen molar-refractivity contribution in [1.29, 1.82) is 0 Å². The summed E-state index contributed by atoms with van der Waals surface area (Å²) in [6, 6.07) is 0. The van der Waals surface area contributed by atoms with Crippen LogP contribution in [0.4, 0.5) is 12.9 Å². The first-order valence-corrected chi connectivity index (χ1v) is 3.57. The van der Waals surface area contributed by atoms with Gasteiger partial charge in [-0.25, -0.2) is 0 Å². The van der Waals surface area contributed by atoms with E-state index in [0.29, 0.717) is 6.42 Å². The third-order valence-corrected chi connectivity index (χ3v) is 1.79. The molecule has 0 unspecified atom stereocenters. The van der Waals surface area contributed by atoms with Gasteiger partial charge in [-0.1, -0.05) is 0 Å². The summed E-state index contributed by atoms with van der Waals surface area (Å²) in [6.45, 7) is -3.95.